The number of hydrogen-bond acceptors (Lipinski definition) is 3. The van der Waals surface area contributed by atoms with Gasteiger partial charge in [0.2, 0.25) is 0 Å². The van der Waals surface area contributed by atoms with E-state index in [-0.39, 0.29) is 11.9 Å². The molecular formula is C16H22FN3O. The van der Waals surface area contributed by atoms with Gasteiger partial charge in [-0.25, -0.2) is 4.39 Å². The molecule has 0 aliphatic heterocycles. The molecule has 1 N–H and O–H groups in total. The van der Waals surface area contributed by atoms with Crippen LogP contribution in [-0.4, -0.2) is 23.4 Å². The van der Waals surface area contributed by atoms with Gasteiger partial charge in [-0.15, -0.1) is 0 Å². The summed E-state index contributed by atoms with van der Waals surface area (Å²) in [7, 11) is 3.52. The van der Waals surface area contributed by atoms with Crippen LogP contribution in [-0.2, 0) is 7.05 Å². The third-order valence-electron chi connectivity index (χ3n) is 3.58. The van der Waals surface area contributed by atoms with Crippen LogP contribution in [0.1, 0.15) is 36.2 Å². The first-order valence-electron chi connectivity index (χ1n) is 7.13. The minimum Gasteiger partial charge on any atom is -0.493 e. The molecule has 2 aromatic rings. The van der Waals surface area contributed by atoms with Gasteiger partial charge in [-0.1, -0.05) is 13.0 Å². The Balaban J connectivity index is 2.49. The van der Waals surface area contributed by atoms with Gasteiger partial charge in [-0.3, -0.25) is 4.68 Å². The van der Waals surface area contributed by atoms with Gasteiger partial charge in [0.25, 0.3) is 0 Å². The maximum absolute atomic E-state index is 13.4. The monoisotopic (exact) mass is 291 g/mol. The minimum absolute atomic E-state index is 0.0759. The van der Waals surface area contributed by atoms with E-state index in [1.54, 1.807) is 24.1 Å². The normalized spacial score (nSPS) is 12.4. The van der Waals surface area contributed by atoms with E-state index in [2.05, 4.69) is 17.3 Å². The molecule has 0 saturated carbocycles. The second-order valence-electron chi connectivity index (χ2n) is 5.11. The van der Waals surface area contributed by atoms with Crippen molar-refractivity contribution in [1.82, 2.24) is 15.1 Å². The van der Waals surface area contributed by atoms with E-state index in [0.29, 0.717) is 0 Å². The van der Waals surface area contributed by atoms with E-state index in [0.717, 1.165) is 35.5 Å². The summed E-state index contributed by atoms with van der Waals surface area (Å²) in [6.07, 6.45) is 2.71. The highest BCUT2D eigenvalue weighted by molar-refractivity contribution is 5.40. The van der Waals surface area contributed by atoms with Crippen molar-refractivity contribution in [2.45, 2.75) is 26.3 Å². The largest absolute Gasteiger partial charge is 0.493 e. The van der Waals surface area contributed by atoms with E-state index >= 15 is 0 Å². The highest BCUT2D eigenvalue weighted by Crippen LogP contribution is 2.31. The molecule has 0 saturated heterocycles. The second kappa shape index (κ2) is 6.72. The molecule has 0 aliphatic rings. The van der Waals surface area contributed by atoms with E-state index in [9.17, 15) is 4.39 Å². The predicted octanol–water partition coefficient (Wildman–Crippen LogP) is 2.97. The number of hydrogen-bond donors (Lipinski definition) is 1. The predicted molar refractivity (Wildman–Crippen MR) is 81.0 cm³/mol. The summed E-state index contributed by atoms with van der Waals surface area (Å²) in [5, 5.41) is 7.77. The first-order valence-corrected chi connectivity index (χ1v) is 7.13. The lowest BCUT2D eigenvalue weighted by atomic mass is 9.98. The van der Waals surface area contributed by atoms with Crippen LogP contribution in [0, 0.1) is 12.7 Å². The Bertz CT molecular complexity index is 610. The molecule has 1 unspecified atom stereocenters. The second-order valence-corrected chi connectivity index (χ2v) is 5.11. The standard InChI is InChI=1S/C16H22FN3O/c1-5-8-18-15(13-7-6-12(17)9-11(13)2)16-14(21-4)10-19-20(16)3/h6-7,9-10,15,18H,5,8H2,1-4H3. The zero-order chi connectivity index (χ0) is 15.4. The van der Waals surface area contributed by atoms with E-state index in [1.807, 2.05) is 20.0 Å². The van der Waals surface area contributed by atoms with E-state index in [4.69, 9.17) is 4.74 Å². The van der Waals surface area contributed by atoms with E-state index in [1.165, 1.54) is 6.07 Å². The summed E-state index contributed by atoms with van der Waals surface area (Å²) in [6.45, 7) is 4.89. The summed E-state index contributed by atoms with van der Waals surface area (Å²) in [4.78, 5) is 0. The van der Waals surface area contributed by atoms with Crippen LogP contribution in [0.3, 0.4) is 0 Å². The van der Waals surface area contributed by atoms with Gasteiger partial charge < -0.3 is 10.1 Å². The lowest BCUT2D eigenvalue weighted by Gasteiger charge is -2.22. The zero-order valence-corrected chi connectivity index (χ0v) is 13.0. The van der Waals surface area contributed by atoms with Gasteiger partial charge >= 0.3 is 0 Å². The zero-order valence-electron chi connectivity index (χ0n) is 13.0. The molecule has 4 nitrogen and oxygen atoms in total. The smallest absolute Gasteiger partial charge is 0.161 e. The number of ether oxygens (including phenoxy) is 1. The molecule has 1 heterocycles. The molecule has 0 radical (unpaired) electrons. The third-order valence-corrected chi connectivity index (χ3v) is 3.58. The fraction of sp³-hybridized carbons (Fsp3) is 0.438. The first-order chi connectivity index (χ1) is 10.1. The van der Waals surface area contributed by atoms with Gasteiger partial charge in [0.05, 0.1) is 19.3 Å². The van der Waals surface area contributed by atoms with Crippen LogP contribution in [0.4, 0.5) is 4.39 Å². The number of nitrogens with zero attached hydrogens (tertiary/aromatic N) is 2. The Morgan fingerprint density at radius 2 is 2.19 bits per heavy atom. The maximum Gasteiger partial charge on any atom is 0.161 e. The van der Waals surface area contributed by atoms with Crippen LogP contribution in [0.15, 0.2) is 24.4 Å². The van der Waals surface area contributed by atoms with Crippen LogP contribution < -0.4 is 10.1 Å². The Hall–Kier alpha value is -1.88. The SMILES string of the molecule is CCCNC(c1ccc(F)cc1C)c1c(OC)cnn1C. The topological polar surface area (TPSA) is 39.1 Å². The number of benzene rings is 1. The van der Waals surface area contributed by atoms with Crippen molar-refractivity contribution in [3.63, 3.8) is 0 Å². The molecule has 114 valence electrons. The van der Waals surface area contributed by atoms with E-state index < -0.39 is 0 Å². The average Bonchev–Trinajstić information content (AvgIpc) is 2.82. The molecule has 1 aromatic carbocycles. The number of nitrogens with one attached hydrogen (secondary N) is 1. The van der Waals surface area contributed by atoms with Crippen molar-refractivity contribution < 1.29 is 9.13 Å². The molecule has 5 heteroatoms. The molecule has 0 spiro atoms. The number of methoxy groups -OCH3 is 1. The van der Waals surface area contributed by atoms with Crippen molar-refractivity contribution in [1.29, 1.82) is 0 Å². The van der Waals surface area contributed by atoms with Crippen molar-refractivity contribution in [2.75, 3.05) is 13.7 Å². The molecule has 0 fully saturated rings. The van der Waals surface area contributed by atoms with Gasteiger partial charge in [0.1, 0.15) is 11.5 Å². The van der Waals surface area contributed by atoms with Crippen molar-refractivity contribution >= 4 is 0 Å². The fourth-order valence-corrected chi connectivity index (χ4v) is 2.52. The molecule has 0 aliphatic carbocycles. The molecule has 0 bridgehead atoms. The van der Waals surface area contributed by atoms with Gasteiger partial charge in [-0.2, -0.15) is 5.10 Å². The summed E-state index contributed by atoms with van der Waals surface area (Å²) in [6, 6.07) is 4.79. The van der Waals surface area contributed by atoms with Crippen LogP contribution >= 0.6 is 0 Å². The summed E-state index contributed by atoms with van der Waals surface area (Å²) in [5.41, 5.74) is 2.89. The highest BCUT2D eigenvalue weighted by atomic mass is 19.1. The lowest BCUT2D eigenvalue weighted by molar-refractivity contribution is 0.400. The minimum atomic E-state index is -0.220. The molecule has 0 amide bonds. The van der Waals surface area contributed by atoms with Gasteiger partial charge in [0.15, 0.2) is 5.75 Å². The van der Waals surface area contributed by atoms with Gasteiger partial charge in [-0.05, 0) is 43.1 Å². The summed E-state index contributed by atoms with van der Waals surface area (Å²) >= 11 is 0. The van der Waals surface area contributed by atoms with Crippen LogP contribution in [0.25, 0.3) is 0 Å². The Morgan fingerprint density at radius 1 is 1.43 bits per heavy atom. The Morgan fingerprint density at radius 3 is 2.81 bits per heavy atom. The quantitative estimate of drug-likeness (QED) is 0.889. The Kier molecular flexibility index (Phi) is 4.96. The van der Waals surface area contributed by atoms with Crippen molar-refractivity contribution in [2.24, 2.45) is 7.05 Å². The van der Waals surface area contributed by atoms with Crippen LogP contribution in [0.2, 0.25) is 0 Å². The number of aromatic nitrogens is 2. The molecule has 21 heavy (non-hydrogen) atoms. The number of aryl methyl sites for hydroxylation is 2. The lowest BCUT2D eigenvalue weighted by Crippen LogP contribution is -2.26. The fourth-order valence-electron chi connectivity index (χ4n) is 2.52. The number of halogens is 1. The molecule has 1 aromatic heterocycles. The third kappa shape index (κ3) is 3.24. The van der Waals surface area contributed by atoms with Crippen molar-refractivity contribution in [3.8, 4) is 5.75 Å². The summed E-state index contributed by atoms with van der Waals surface area (Å²) < 4.78 is 20.6. The van der Waals surface area contributed by atoms with Gasteiger partial charge in [0, 0.05) is 7.05 Å². The average molecular weight is 291 g/mol. The first kappa shape index (κ1) is 15.5. The maximum atomic E-state index is 13.4. The van der Waals surface area contributed by atoms with Crippen LogP contribution in [0.5, 0.6) is 5.75 Å². The summed E-state index contributed by atoms with van der Waals surface area (Å²) in [5.74, 6) is 0.511. The van der Waals surface area contributed by atoms with Crippen molar-refractivity contribution in [3.05, 3.63) is 47.0 Å². The molecule has 1 atom stereocenters. The molecule has 2 rings (SSSR count). The number of rotatable bonds is 6. The molecular weight excluding hydrogens is 269 g/mol. The Labute approximate surface area is 124 Å². The highest BCUT2D eigenvalue weighted by Gasteiger charge is 2.23.